The van der Waals surface area contributed by atoms with Crippen LogP contribution in [0.4, 0.5) is 11.4 Å². The first-order valence-corrected chi connectivity index (χ1v) is 11.3. The number of non-ortho nitro benzene ring substituents is 2. The normalized spacial score (nSPS) is 13.6. The van der Waals surface area contributed by atoms with Gasteiger partial charge in [-0.05, 0) is 23.3 Å². The molecule has 0 saturated carbocycles. The van der Waals surface area contributed by atoms with E-state index in [9.17, 15) is 29.8 Å². The van der Waals surface area contributed by atoms with Gasteiger partial charge in [0.1, 0.15) is 0 Å². The summed E-state index contributed by atoms with van der Waals surface area (Å²) in [5.41, 5.74) is 0.736. The van der Waals surface area contributed by atoms with Crippen molar-refractivity contribution in [3.05, 3.63) is 102 Å². The average molecular weight is 469 g/mol. The van der Waals surface area contributed by atoms with Crippen molar-refractivity contribution in [1.29, 1.82) is 0 Å². The van der Waals surface area contributed by atoms with Gasteiger partial charge in [0.25, 0.3) is 11.4 Å². The monoisotopic (exact) mass is 468 g/mol. The number of benzene rings is 2. The maximum atomic E-state index is 12.9. The van der Waals surface area contributed by atoms with E-state index in [1.54, 1.807) is 12.1 Å². The third-order valence-corrected chi connectivity index (χ3v) is 6.98. The Bertz CT molecular complexity index is 1100. The number of hydrogen-bond donors (Lipinski definition) is 0. The number of rotatable bonds is 8. The molecule has 162 valence electrons. The lowest BCUT2D eigenvalue weighted by atomic mass is 10.1. The number of nitrogens with zero attached hydrogens (tertiary/aromatic N) is 2. The zero-order valence-electron chi connectivity index (χ0n) is 16.5. The molecule has 1 aliphatic heterocycles. The van der Waals surface area contributed by atoms with E-state index >= 15 is 0 Å². The second-order valence-corrected chi connectivity index (χ2v) is 8.93. The first-order valence-electron chi connectivity index (χ1n) is 9.29. The molecule has 1 aliphatic rings. The van der Waals surface area contributed by atoms with E-state index in [1.807, 2.05) is 0 Å². The lowest BCUT2D eigenvalue weighted by Gasteiger charge is -2.04. The molecule has 0 radical (unpaired) electrons. The van der Waals surface area contributed by atoms with E-state index in [0.717, 1.165) is 11.5 Å². The number of nitro benzene ring substituents is 2. The van der Waals surface area contributed by atoms with E-state index < -0.39 is 21.4 Å². The minimum absolute atomic E-state index is 0.0147. The molecule has 0 aromatic heterocycles. The van der Waals surface area contributed by atoms with Crippen LogP contribution in [0.5, 0.6) is 0 Å². The van der Waals surface area contributed by atoms with Crippen molar-refractivity contribution < 1.29 is 19.4 Å². The van der Waals surface area contributed by atoms with Crippen molar-refractivity contribution in [3.8, 4) is 0 Å². The zero-order chi connectivity index (χ0) is 23.1. The third-order valence-electron chi connectivity index (χ3n) is 4.26. The SMILES string of the molecule is O=C(/C=C/c1cccc([N+](=O)[O-])c1)C(C(=O)/C=C/c1cccc([N+](=O)[O-])c1)=C1SCCS1. The molecule has 8 nitrogen and oxygen atoms in total. The minimum atomic E-state index is -0.527. The van der Waals surface area contributed by atoms with E-state index in [1.165, 1.54) is 84.2 Å². The molecule has 0 atom stereocenters. The summed E-state index contributed by atoms with van der Waals surface area (Å²) in [4.78, 5) is 46.5. The number of carbonyl (C=O) groups is 2. The van der Waals surface area contributed by atoms with Crippen LogP contribution in [0.25, 0.3) is 12.2 Å². The lowest BCUT2D eigenvalue weighted by molar-refractivity contribution is -0.385. The zero-order valence-corrected chi connectivity index (χ0v) is 18.1. The summed E-state index contributed by atoms with van der Waals surface area (Å²) in [7, 11) is 0. The highest BCUT2D eigenvalue weighted by atomic mass is 32.2. The van der Waals surface area contributed by atoms with Crippen LogP contribution in [0.3, 0.4) is 0 Å². The second-order valence-electron chi connectivity index (χ2n) is 6.46. The maximum Gasteiger partial charge on any atom is 0.270 e. The van der Waals surface area contributed by atoms with Gasteiger partial charge >= 0.3 is 0 Å². The van der Waals surface area contributed by atoms with Crippen molar-refractivity contribution in [3.63, 3.8) is 0 Å². The molecular formula is C22H16N2O6S2. The summed E-state index contributed by atoms with van der Waals surface area (Å²) >= 11 is 2.84. The van der Waals surface area contributed by atoms with E-state index in [-0.39, 0.29) is 16.9 Å². The Morgan fingerprint density at radius 1 is 0.781 bits per heavy atom. The molecule has 3 rings (SSSR count). The Morgan fingerprint density at radius 2 is 1.22 bits per heavy atom. The number of ketones is 2. The number of allylic oxidation sites excluding steroid dienone is 3. The molecule has 32 heavy (non-hydrogen) atoms. The lowest BCUT2D eigenvalue weighted by Crippen LogP contribution is -2.10. The predicted molar refractivity (Wildman–Crippen MR) is 126 cm³/mol. The van der Waals surface area contributed by atoms with E-state index in [0.29, 0.717) is 15.4 Å². The van der Waals surface area contributed by atoms with Gasteiger partial charge in [0.15, 0.2) is 11.6 Å². The second kappa shape index (κ2) is 10.7. The topological polar surface area (TPSA) is 120 Å². The van der Waals surface area contributed by atoms with Crippen LogP contribution in [-0.2, 0) is 9.59 Å². The number of thioether (sulfide) groups is 2. The molecule has 0 N–H and O–H groups in total. The molecule has 0 aliphatic carbocycles. The summed E-state index contributed by atoms with van der Waals surface area (Å²) in [6.45, 7) is 0. The van der Waals surface area contributed by atoms with Gasteiger partial charge in [-0.25, -0.2) is 0 Å². The van der Waals surface area contributed by atoms with E-state index in [2.05, 4.69) is 0 Å². The smallest absolute Gasteiger partial charge is 0.270 e. The van der Waals surface area contributed by atoms with Crippen LogP contribution >= 0.6 is 23.5 Å². The van der Waals surface area contributed by atoms with Gasteiger partial charge in [-0.2, -0.15) is 0 Å². The molecule has 1 heterocycles. The largest absolute Gasteiger partial charge is 0.289 e. The minimum Gasteiger partial charge on any atom is -0.289 e. The molecule has 0 amide bonds. The Labute approximate surface area is 191 Å². The molecule has 0 unspecified atom stereocenters. The molecular weight excluding hydrogens is 452 g/mol. The summed E-state index contributed by atoms with van der Waals surface area (Å²) < 4.78 is 0.618. The number of hydrogen-bond acceptors (Lipinski definition) is 8. The van der Waals surface area contributed by atoms with Gasteiger partial charge in [0, 0.05) is 35.8 Å². The highest BCUT2D eigenvalue weighted by Crippen LogP contribution is 2.39. The maximum absolute atomic E-state index is 12.9. The third kappa shape index (κ3) is 6.02. The number of nitro groups is 2. The molecule has 1 saturated heterocycles. The van der Waals surface area contributed by atoms with Gasteiger partial charge in [0.2, 0.25) is 0 Å². The van der Waals surface area contributed by atoms with Crippen LogP contribution in [0.15, 0.2) is 70.5 Å². The Balaban J connectivity index is 1.85. The fraction of sp³-hybridized carbons (Fsp3) is 0.0909. The highest BCUT2D eigenvalue weighted by Gasteiger charge is 2.23. The van der Waals surface area contributed by atoms with Gasteiger partial charge in [-0.15, -0.1) is 23.5 Å². The van der Waals surface area contributed by atoms with Crippen LogP contribution < -0.4 is 0 Å². The molecule has 0 spiro atoms. The highest BCUT2D eigenvalue weighted by molar-refractivity contribution is 8.25. The Kier molecular flexibility index (Phi) is 7.74. The van der Waals surface area contributed by atoms with Crippen LogP contribution in [0, 0.1) is 20.2 Å². The van der Waals surface area contributed by atoms with Crippen LogP contribution in [-0.4, -0.2) is 32.9 Å². The molecule has 10 heteroatoms. The summed E-state index contributed by atoms with van der Waals surface area (Å²) in [6.07, 6.45) is 5.30. The molecule has 2 aromatic carbocycles. The standard InChI is InChI=1S/C22H16N2O6S2/c25-19(9-7-15-3-1-5-17(13-15)23(27)28)21(22-31-11-12-32-22)20(26)10-8-16-4-2-6-18(14-16)24(29)30/h1-10,13-14H,11-12H2/b9-7+,10-8+. The van der Waals surface area contributed by atoms with Crippen molar-refractivity contribution in [2.45, 2.75) is 0 Å². The quantitative estimate of drug-likeness (QED) is 0.173. The fourth-order valence-corrected chi connectivity index (χ4v) is 5.33. The summed E-state index contributed by atoms with van der Waals surface area (Å²) in [5, 5.41) is 21.8. The first kappa shape index (κ1) is 23.2. The van der Waals surface area contributed by atoms with Crippen molar-refractivity contribution in [2.75, 3.05) is 11.5 Å². The van der Waals surface area contributed by atoms with Gasteiger partial charge in [-0.3, -0.25) is 29.8 Å². The first-order chi connectivity index (χ1) is 15.3. The molecule has 2 aromatic rings. The average Bonchev–Trinajstić information content (AvgIpc) is 3.31. The predicted octanol–water partition coefficient (Wildman–Crippen LogP) is 5.06. The Hall–Kier alpha value is -3.50. The van der Waals surface area contributed by atoms with Crippen molar-refractivity contribution >= 4 is 58.6 Å². The summed E-state index contributed by atoms with van der Waals surface area (Å²) in [5.74, 6) is 0.518. The van der Waals surface area contributed by atoms with Gasteiger partial charge in [-0.1, -0.05) is 36.4 Å². The van der Waals surface area contributed by atoms with Crippen molar-refractivity contribution in [2.24, 2.45) is 0 Å². The number of carbonyl (C=O) groups excluding carboxylic acids is 2. The van der Waals surface area contributed by atoms with Gasteiger partial charge < -0.3 is 0 Å². The Morgan fingerprint density at radius 3 is 1.62 bits per heavy atom. The summed E-state index contributed by atoms with van der Waals surface area (Å²) in [6, 6.07) is 11.6. The molecule has 1 fully saturated rings. The van der Waals surface area contributed by atoms with Crippen LogP contribution in [0.2, 0.25) is 0 Å². The fourth-order valence-electron chi connectivity index (χ4n) is 2.77. The van der Waals surface area contributed by atoms with E-state index in [4.69, 9.17) is 0 Å². The van der Waals surface area contributed by atoms with Gasteiger partial charge in [0.05, 0.1) is 19.7 Å². The van der Waals surface area contributed by atoms with Crippen LogP contribution in [0.1, 0.15) is 11.1 Å². The van der Waals surface area contributed by atoms with Crippen molar-refractivity contribution in [1.82, 2.24) is 0 Å². The molecule has 0 bridgehead atoms.